The standard InChI is InChI=1S/C18H21N5O3/c19-7-8-20-16-6-9-23-18(22-16)15(12-21-23)13-3-1-4-14(11-13)26-10-2-5-17(24)25/h1,3-4,6,9,11-12H,2,5,7-8,10,19H2,(H,20,22)(H,24,25). The van der Waals surface area contributed by atoms with Crippen molar-refractivity contribution in [3.63, 3.8) is 0 Å². The highest BCUT2D eigenvalue weighted by molar-refractivity contribution is 5.78. The molecule has 0 aliphatic carbocycles. The van der Waals surface area contributed by atoms with Gasteiger partial charge in [-0.1, -0.05) is 12.1 Å². The lowest BCUT2D eigenvalue weighted by molar-refractivity contribution is -0.137. The van der Waals surface area contributed by atoms with Crippen LogP contribution in [-0.2, 0) is 4.79 Å². The van der Waals surface area contributed by atoms with Crippen molar-refractivity contribution in [1.29, 1.82) is 0 Å². The van der Waals surface area contributed by atoms with Gasteiger partial charge in [0.2, 0.25) is 0 Å². The smallest absolute Gasteiger partial charge is 0.303 e. The van der Waals surface area contributed by atoms with Crippen LogP contribution in [0.4, 0.5) is 5.82 Å². The van der Waals surface area contributed by atoms with E-state index in [2.05, 4.69) is 15.4 Å². The Labute approximate surface area is 150 Å². The molecule has 0 radical (unpaired) electrons. The topological polar surface area (TPSA) is 115 Å². The maximum Gasteiger partial charge on any atom is 0.303 e. The quantitative estimate of drug-likeness (QED) is 0.503. The molecule has 26 heavy (non-hydrogen) atoms. The van der Waals surface area contributed by atoms with Crippen LogP contribution in [0.25, 0.3) is 16.8 Å². The molecule has 8 heteroatoms. The number of benzene rings is 1. The number of hydrogen-bond acceptors (Lipinski definition) is 6. The summed E-state index contributed by atoms with van der Waals surface area (Å²) in [4.78, 5) is 15.2. The molecule has 0 amide bonds. The molecule has 3 aromatic rings. The molecule has 2 aromatic heterocycles. The van der Waals surface area contributed by atoms with Crippen molar-refractivity contribution in [2.24, 2.45) is 5.73 Å². The number of nitrogens with one attached hydrogen (secondary N) is 1. The number of hydrogen-bond donors (Lipinski definition) is 3. The molecule has 0 fully saturated rings. The van der Waals surface area contributed by atoms with E-state index in [4.69, 9.17) is 15.6 Å². The van der Waals surface area contributed by atoms with Crippen molar-refractivity contribution in [2.45, 2.75) is 12.8 Å². The fourth-order valence-corrected chi connectivity index (χ4v) is 2.54. The summed E-state index contributed by atoms with van der Waals surface area (Å²) in [6.07, 6.45) is 4.17. The van der Waals surface area contributed by atoms with Gasteiger partial charge in [0, 0.05) is 31.3 Å². The molecule has 136 valence electrons. The molecular formula is C18H21N5O3. The van der Waals surface area contributed by atoms with Crippen LogP contribution in [0.5, 0.6) is 5.75 Å². The lowest BCUT2D eigenvalue weighted by atomic mass is 10.1. The van der Waals surface area contributed by atoms with E-state index in [0.29, 0.717) is 31.9 Å². The highest BCUT2D eigenvalue weighted by atomic mass is 16.5. The summed E-state index contributed by atoms with van der Waals surface area (Å²) in [7, 11) is 0. The zero-order valence-electron chi connectivity index (χ0n) is 14.3. The van der Waals surface area contributed by atoms with E-state index in [9.17, 15) is 4.79 Å². The Morgan fingerprint density at radius 3 is 3.04 bits per heavy atom. The average Bonchev–Trinajstić information content (AvgIpc) is 3.07. The van der Waals surface area contributed by atoms with Gasteiger partial charge in [0.25, 0.3) is 0 Å². The molecule has 0 spiro atoms. The van der Waals surface area contributed by atoms with Gasteiger partial charge in [-0.3, -0.25) is 4.79 Å². The molecule has 0 bridgehead atoms. The van der Waals surface area contributed by atoms with Crippen LogP contribution in [-0.4, -0.2) is 45.4 Å². The Morgan fingerprint density at radius 2 is 2.23 bits per heavy atom. The summed E-state index contributed by atoms with van der Waals surface area (Å²) in [5.41, 5.74) is 8.07. The molecule has 0 saturated heterocycles. The zero-order chi connectivity index (χ0) is 18.4. The second-order valence-electron chi connectivity index (χ2n) is 5.73. The number of carboxylic acids is 1. The summed E-state index contributed by atoms with van der Waals surface area (Å²) in [6, 6.07) is 9.45. The molecule has 0 unspecified atom stereocenters. The normalized spacial score (nSPS) is 10.8. The van der Waals surface area contributed by atoms with Crippen LogP contribution >= 0.6 is 0 Å². The highest BCUT2D eigenvalue weighted by Gasteiger charge is 2.10. The Bertz CT molecular complexity index is 893. The first-order chi connectivity index (χ1) is 12.7. The van der Waals surface area contributed by atoms with Gasteiger partial charge in [-0.25, -0.2) is 9.50 Å². The number of aromatic nitrogens is 3. The molecule has 0 aliphatic rings. The lowest BCUT2D eigenvalue weighted by Gasteiger charge is -2.08. The summed E-state index contributed by atoms with van der Waals surface area (Å²) in [5, 5.41) is 16.2. The summed E-state index contributed by atoms with van der Waals surface area (Å²) >= 11 is 0. The van der Waals surface area contributed by atoms with Crippen molar-refractivity contribution < 1.29 is 14.6 Å². The van der Waals surface area contributed by atoms with Gasteiger partial charge in [-0.05, 0) is 30.2 Å². The van der Waals surface area contributed by atoms with Crippen LogP contribution in [0, 0.1) is 0 Å². The number of rotatable bonds is 9. The first-order valence-electron chi connectivity index (χ1n) is 8.41. The summed E-state index contributed by atoms with van der Waals surface area (Å²) < 4.78 is 7.36. The van der Waals surface area contributed by atoms with Gasteiger partial charge in [0.1, 0.15) is 11.6 Å². The number of carboxylic acid groups (broad SMARTS) is 1. The third-order valence-corrected chi connectivity index (χ3v) is 3.77. The molecule has 0 aliphatic heterocycles. The Kier molecular flexibility index (Phi) is 5.65. The van der Waals surface area contributed by atoms with E-state index in [-0.39, 0.29) is 6.42 Å². The van der Waals surface area contributed by atoms with Crippen molar-refractivity contribution in [2.75, 3.05) is 25.0 Å². The first kappa shape index (κ1) is 17.7. The van der Waals surface area contributed by atoms with Crippen molar-refractivity contribution in [3.8, 4) is 16.9 Å². The minimum atomic E-state index is -0.821. The van der Waals surface area contributed by atoms with E-state index >= 15 is 0 Å². The Balaban J connectivity index is 1.79. The summed E-state index contributed by atoms with van der Waals surface area (Å²) in [5.74, 6) is 0.606. The fourth-order valence-electron chi connectivity index (χ4n) is 2.54. The summed E-state index contributed by atoms with van der Waals surface area (Å²) in [6.45, 7) is 1.53. The van der Waals surface area contributed by atoms with Gasteiger partial charge < -0.3 is 20.9 Å². The minimum Gasteiger partial charge on any atom is -0.494 e. The van der Waals surface area contributed by atoms with Crippen molar-refractivity contribution >= 4 is 17.4 Å². The number of fused-ring (bicyclic) bond motifs is 1. The number of nitrogens with zero attached hydrogens (tertiary/aromatic N) is 3. The Morgan fingerprint density at radius 1 is 1.35 bits per heavy atom. The number of nitrogens with two attached hydrogens (primary N) is 1. The molecular weight excluding hydrogens is 334 g/mol. The van der Waals surface area contributed by atoms with E-state index in [1.165, 1.54) is 0 Å². The average molecular weight is 355 g/mol. The maximum absolute atomic E-state index is 10.6. The minimum absolute atomic E-state index is 0.0935. The van der Waals surface area contributed by atoms with Crippen LogP contribution < -0.4 is 15.8 Å². The zero-order valence-corrected chi connectivity index (χ0v) is 14.3. The van der Waals surface area contributed by atoms with Crippen LogP contribution in [0.15, 0.2) is 42.7 Å². The molecule has 0 atom stereocenters. The predicted molar refractivity (Wildman–Crippen MR) is 98.3 cm³/mol. The predicted octanol–water partition coefficient (Wildman–Crippen LogP) is 2.01. The van der Waals surface area contributed by atoms with E-state index < -0.39 is 5.97 Å². The molecule has 8 nitrogen and oxygen atoms in total. The van der Waals surface area contributed by atoms with Crippen LogP contribution in [0.1, 0.15) is 12.8 Å². The molecule has 4 N–H and O–H groups in total. The highest BCUT2D eigenvalue weighted by Crippen LogP contribution is 2.27. The molecule has 0 saturated carbocycles. The molecule has 3 rings (SSSR count). The van der Waals surface area contributed by atoms with Crippen molar-refractivity contribution in [1.82, 2.24) is 14.6 Å². The van der Waals surface area contributed by atoms with Gasteiger partial charge in [0.05, 0.1) is 12.8 Å². The SMILES string of the molecule is NCCNc1ccn2ncc(-c3cccc(OCCCC(=O)O)c3)c2n1. The second-order valence-corrected chi connectivity index (χ2v) is 5.73. The van der Waals surface area contributed by atoms with Gasteiger partial charge in [-0.2, -0.15) is 5.10 Å². The number of carbonyl (C=O) groups is 1. The number of aliphatic carboxylic acids is 1. The number of anilines is 1. The van der Waals surface area contributed by atoms with E-state index in [1.807, 2.05) is 36.5 Å². The fraction of sp³-hybridized carbons (Fsp3) is 0.278. The second kappa shape index (κ2) is 8.30. The third kappa shape index (κ3) is 4.28. The monoisotopic (exact) mass is 355 g/mol. The first-order valence-corrected chi connectivity index (χ1v) is 8.41. The van der Waals surface area contributed by atoms with Crippen LogP contribution in [0.3, 0.4) is 0 Å². The Hall–Kier alpha value is -3.13. The van der Waals surface area contributed by atoms with Crippen molar-refractivity contribution in [3.05, 3.63) is 42.7 Å². The number of ether oxygens (including phenoxy) is 1. The largest absolute Gasteiger partial charge is 0.494 e. The third-order valence-electron chi connectivity index (χ3n) is 3.77. The lowest BCUT2D eigenvalue weighted by Crippen LogP contribution is -2.14. The van der Waals surface area contributed by atoms with Gasteiger partial charge in [-0.15, -0.1) is 0 Å². The van der Waals surface area contributed by atoms with Gasteiger partial charge in [0.15, 0.2) is 5.65 Å². The molecule has 1 aromatic carbocycles. The van der Waals surface area contributed by atoms with E-state index in [1.54, 1.807) is 10.7 Å². The molecule has 2 heterocycles. The van der Waals surface area contributed by atoms with Crippen LogP contribution in [0.2, 0.25) is 0 Å². The maximum atomic E-state index is 10.6. The van der Waals surface area contributed by atoms with Gasteiger partial charge >= 0.3 is 5.97 Å². The van der Waals surface area contributed by atoms with E-state index in [0.717, 1.165) is 22.6 Å².